The van der Waals surface area contributed by atoms with Gasteiger partial charge < -0.3 is 24.0 Å². The summed E-state index contributed by atoms with van der Waals surface area (Å²) in [4.78, 5) is 26.4. The third-order valence-electron chi connectivity index (χ3n) is 6.78. The van der Waals surface area contributed by atoms with Crippen molar-refractivity contribution in [2.24, 2.45) is 5.92 Å². The number of methoxy groups -OCH3 is 1. The van der Waals surface area contributed by atoms with Gasteiger partial charge in [0.25, 0.3) is 0 Å². The molecule has 1 aromatic heterocycles. The molecule has 0 saturated carbocycles. The number of amides is 1. The van der Waals surface area contributed by atoms with Crippen molar-refractivity contribution < 1.29 is 19.0 Å². The average Bonchev–Trinajstić information content (AvgIpc) is 3.32. The molecule has 1 amide bonds. The van der Waals surface area contributed by atoms with Crippen LogP contribution in [0.2, 0.25) is 0 Å². The van der Waals surface area contributed by atoms with Gasteiger partial charge in [0.1, 0.15) is 17.9 Å². The lowest BCUT2D eigenvalue weighted by Crippen LogP contribution is -2.51. The van der Waals surface area contributed by atoms with E-state index >= 15 is 0 Å². The van der Waals surface area contributed by atoms with Gasteiger partial charge >= 0.3 is 0 Å². The molecule has 8 heteroatoms. The van der Waals surface area contributed by atoms with Crippen molar-refractivity contribution in [1.82, 2.24) is 14.9 Å². The molecular weight excluding hydrogens is 408 g/mol. The molecule has 8 nitrogen and oxygen atoms in total. The first-order valence-electron chi connectivity index (χ1n) is 11.4. The molecule has 0 radical (unpaired) electrons. The lowest BCUT2D eigenvalue weighted by molar-refractivity contribution is -0.188. The maximum Gasteiger partial charge on any atom is 0.227 e. The lowest BCUT2D eigenvalue weighted by Gasteiger charge is -2.40. The van der Waals surface area contributed by atoms with Crippen molar-refractivity contribution in [2.75, 3.05) is 51.4 Å². The normalized spacial score (nSPS) is 22.8. The molecule has 0 N–H and O–H groups in total. The quantitative estimate of drug-likeness (QED) is 0.726. The van der Waals surface area contributed by atoms with E-state index in [1.807, 2.05) is 35.2 Å². The molecule has 5 rings (SSSR count). The molecule has 1 spiro atoms. The molecule has 1 atom stereocenters. The van der Waals surface area contributed by atoms with Gasteiger partial charge in [-0.05, 0) is 37.1 Å². The van der Waals surface area contributed by atoms with E-state index in [0.717, 1.165) is 55.1 Å². The van der Waals surface area contributed by atoms with Crippen molar-refractivity contribution >= 4 is 11.7 Å². The third kappa shape index (κ3) is 4.29. The zero-order valence-corrected chi connectivity index (χ0v) is 18.5. The Labute approximate surface area is 188 Å². The number of piperidine rings is 2. The molecule has 2 aromatic rings. The Morgan fingerprint density at radius 3 is 2.56 bits per heavy atom. The number of anilines is 1. The van der Waals surface area contributed by atoms with Crippen LogP contribution in [-0.2, 0) is 14.3 Å². The van der Waals surface area contributed by atoms with E-state index in [1.54, 1.807) is 13.4 Å². The number of hydrogen-bond donors (Lipinski definition) is 0. The van der Waals surface area contributed by atoms with Crippen molar-refractivity contribution in [3.63, 3.8) is 0 Å². The van der Waals surface area contributed by atoms with Crippen LogP contribution in [0.15, 0.2) is 36.7 Å². The minimum atomic E-state index is -0.450. The monoisotopic (exact) mass is 438 g/mol. The van der Waals surface area contributed by atoms with Crippen LogP contribution in [0.4, 0.5) is 5.82 Å². The molecule has 3 fully saturated rings. The fourth-order valence-corrected chi connectivity index (χ4v) is 4.94. The minimum absolute atomic E-state index is 0.0115. The second-order valence-corrected chi connectivity index (χ2v) is 8.71. The fourth-order valence-electron chi connectivity index (χ4n) is 4.94. The number of rotatable bonds is 4. The van der Waals surface area contributed by atoms with Gasteiger partial charge in [0.15, 0.2) is 5.79 Å². The van der Waals surface area contributed by atoms with E-state index in [2.05, 4.69) is 14.9 Å². The maximum atomic E-state index is 13.3. The molecule has 1 unspecified atom stereocenters. The van der Waals surface area contributed by atoms with Gasteiger partial charge in [-0.15, -0.1) is 0 Å². The fraction of sp³-hybridized carbons (Fsp3) is 0.542. The summed E-state index contributed by atoms with van der Waals surface area (Å²) in [6.45, 7) is 4.29. The second-order valence-electron chi connectivity index (χ2n) is 8.71. The Morgan fingerprint density at radius 2 is 1.84 bits per heavy atom. The summed E-state index contributed by atoms with van der Waals surface area (Å²) in [5.41, 5.74) is 1.88. The smallest absolute Gasteiger partial charge is 0.227 e. The number of ether oxygens (including phenoxy) is 3. The first-order valence-corrected chi connectivity index (χ1v) is 11.4. The number of carbonyl (C=O) groups excluding carboxylic acids is 1. The molecule has 1 aromatic carbocycles. The molecule has 3 saturated heterocycles. The van der Waals surface area contributed by atoms with Gasteiger partial charge in [-0.3, -0.25) is 4.79 Å². The number of carbonyl (C=O) groups is 1. The van der Waals surface area contributed by atoms with Gasteiger partial charge in [-0.1, -0.05) is 0 Å². The van der Waals surface area contributed by atoms with Gasteiger partial charge in [0.05, 0.1) is 31.9 Å². The van der Waals surface area contributed by atoms with Gasteiger partial charge in [0, 0.05) is 50.7 Å². The summed E-state index contributed by atoms with van der Waals surface area (Å²) in [6, 6.07) is 9.85. The Balaban J connectivity index is 1.24. The van der Waals surface area contributed by atoms with Gasteiger partial charge in [0.2, 0.25) is 5.91 Å². The lowest BCUT2D eigenvalue weighted by atomic mass is 9.94. The van der Waals surface area contributed by atoms with Crippen LogP contribution in [0.3, 0.4) is 0 Å². The van der Waals surface area contributed by atoms with Gasteiger partial charge in [-0.25, -0.2) is 9.97 Å². The zero-order chi connectivity index (χ0) is 22.0. The molecule has 3 aliphatic heterocycles. The molecule has 170 valence electrons. The van der Waals surface area contributed by atoms with Crippen LogP contribution in [0.25, 0.3) is 11.3 Å². The average molecular weight is 439 g/mol. The summed E-state index contributed by atoms with van der Waals surface area (Å²) >= 11 is 0. The Bertz CT molecular complexity index is 935. The number of likely N-dealkylation sites (tertiary alicyclic amines) is 1. The van der Waals surface area contributed by atoms with Crippen LogP contribution in [-0.4, -0.2) is 73.1 Å². The molecule has 4 heterocycles. The first-order chi connectivity index (χ1) is 15.7. The molecule has 32 heavy (non-hydrogen) atoms. The maximum absolute atomic E-state index is 13.3. The van der Waals surface area contributed by atoms with Crippen LogP contribution < -0.4 is 9.64 Å². The second kappa shape index (κ2) is 9.03. The van der Waals surface area contributed by atoms with Crippen LogP contribution >= 0.6 is 0 Å². The molecule has 3 aliphatic rings. The van der Waals surface area contributed by atoms with E-state index in [4.69, 9.17) is 14.2 Å². The highest BCUT2D eigenvalue weighted by Gasteiger charge is 2.42. The minimum Gasteiger partial charge on any atom is -0.497 e. The largest absolute Gasteiger partial charge is 0.497 e. The van der Waals surface area contributed by atoms with E-state index in [-0.39, 0.29) is 11.8 Å². The molecular formula is C24H30N4O4. The van der Waals surface area contributed by atoms with E-state index in [9.17, 15) is 4.79 Å². The molecule has 0 aliphatic carbocycles. The Kier molecular flexibility index (Phi) is 5.97. The predicted octanol–water partition coefficient (Wildman–Crippen LogP) is 2.73. The van der Waals surface area contributed by atoms with Crippen molar-refractivity contribution in [3.05, 3.63) is 36.7 Å². The molecule has 0 bridgehead atoms. The van der Waals surface area contributed by atoms with Crippen LogP contribution in [0, 0.1) is 5.92 Å². The van der Waals surface area contributed by atoms with Crippen molar-refractivity contribution in [2.45, 2.75) is 31.5 Å². The summed E-state index contributed by atoms with van der Waals surface area (Å²) in [6.07, 6.45) is 5.01. The Hall–Kier alpha value is -2.71. The number of hydrogen-bond acceptors (Lipinski definition) is 7. The van der Waals surface area contributed by atoms with Crippen molar-refractivity contribution in [3.8, 4) is 17.0 Å². The number of benzene rings is 1. The summed E-state index contributed by atoms with van der Waals surface area (Å²) in [5.74, 6) is 1.46. The standard InChI is InChI=1S/C24H30N4O4/c1-30-20-6-4-18(5-7-20)21-15-22(26-17-25-21)28-10-2-3-19(16-28)23(29)27-11-8-24(9-12-27)31-13-14-32-24/h4-7,15,17,19H,2-3,8-14,16H2,1H3. The van der Waals surface area contributed by atoms with Crippen LogP contribution in [0.5, 0.6) is 5.75 Å². The topological polar surface area (TPSA) is 77.0 Å². The van der Waals surface area contributed by atoms with E-state index in [0.29, 0.717) is 32.8 Å². The Morgan fingerprint density at radius 1 is 1.09 bits per heavy atom. The number of nitrogens with zero attached hydrogens (tertiary/aromatic N) is 4. The summed E-state index contributed by atoms with van der Waals surface area (Å²) in [7, 11) is 1.66. The summed E-state index contributed by atoms with van der Waals surface area (Å²) < 4.78 is 16.8. The van der Waals surface area contributed by atoms with Crippen molar-refractivity contribution in [1.29, 1.82) is 0 Å². The summed E-state index contributed by atoms with van der Waals surface area (Å²) in [5, 5.41) is 0. The van der Waals surface area contributed by atoms with Gasteiger partial charge in [-0.2, -0.15) is 0 Å². The highest BCUT2D eigenvalue weighted by Crippen LogP contribution is 2.33. The van der Waals surface area contributed by atoms with E-state index in [1.165, 1.54) is 0 Å². The predicted molar refractivity (Wildman–Crippen MR) is 119 cm³/mol. The third-order valence-corrected chi connectivity index (χ3v) is 6.78. The zero-order valence-electron chi connectivity index (χ0n) is 18.5. The number of aromatic nitrogens is 2. The highest BCUT2D eigenvalue weighted by atomic mass is 16.7. The van der Waals surface area contributed by atoms with E-state index < -0.39 is 5.79 Å². The SMILES string of the molecule is COc1ccc(-c2cc(N3CCCC(C(=O)N4CCC5(CC4)OCCO5)C3)ncn2)cc1. The highest BCUT2D eigenvalue weighted by molar-refractivity contribution is 5.80. The first kappa shape index (κ1) is 21.2. The van der Waals surface area contributed by atoms with Crippen LogP contribution in [0.1, 0.15) is 25.7 Å².